The van der Waals surface area contributed by atoms with Crippen LogP contribution in [-0.2, 0) is 10.9 Å². The number of aromatic nitrogens is 2. The van der Waals surface area contributed by atoms with Crippen molar-refractivity contribution in [1.82, 2.24) is 14.5 Å². The number of carbonyl (C=O) groups is 1. The number of ether oxygens (including phenoxy) is 1. The molecule has 0 radical (unpaired) electrons. The van der Waals surface area contributed by atoms with Gasteiger partial charge in [-0.1, -0.05) is 15.9 Å². The quantitative estimate of drug-likeness (QED) is 0.667. The van der Waals surface area contributed by atoms with Crippen LogP contribution in [0.4, 0.5) is 18.0 Å². The number of nitrogens with one attached hydrogen (secondary N) is 1. The number of alkyl halides is 3. The third-order valence-electron chi connectivity index (χ3n) is 4.59. The summed E-state index contributed by atoms with van der Waals surface area (Å²) in [7, 11) is 0. The van der Waals surface area contributed by atoms with Crippen molar-refractivity contribution in [2.75, 3.05) is 13.1 Å². The van der Waals surface area contributed by atoms with E-state index in [9.17, 15) is 22.8 Å². The molecule has 1 aromatic heterocycles. The van der Waals surface area contributed by atoms with Crippen LogP contribution in [0.15, 0.2) is 21.4 Å². The molecule has 1 fully saturated rings. The van der Waals surface area contributed by atoms with Crippen LogP contribution in [0.25, 0.3) is 11.0 Å². The van der Waals surface area contributed by atoms with E-state index in [1.54, 1.807) is 25.7 Å². The van der Waals surface area contributed by atoms with E-state index < -0.39 is 29.1 Å². The third-order valence-corrected chi connectivity index (χ3v) is 5.25. The number of nitrogens with zero attached hydrogens (tertiary/aromatic N) is 2. The second-order valence-electron chi connectivity index (χ2n) is 7.85. The first-order valence-electron chi connectivity index (χ1n) is 8.86. The van der Waals surface area contributed by atoms with E-state index in [2.05, 4.69) is 20.9 Å². The highest BCUT2D eigenvalue weighted by atomic mass is 79.9. The molecule has 1 aliphatic rings. The van der Waals surface area contributed by atoms with E-state index in [1.165, 1.54) is 10.6 Å². The van der Waals surface area contributed by atoms with Crippen molar-refractivity contribution in [3.63, 3.8) is 0 Å². The molecule has 0 atom stereocenters. The number of H-pyrrole nitrogens is 1. The van der Waals surface area contributed by atoms with E-state index in [-0.39, 0.29) is 16.0 Å². The Hall–Kier alpha value is -1.97. The molecule has 1 N–H and O–H groups in total. The molecule has 2 heterocycles. The van der Waals surface area contributed by atoms with Crippen molar-refractivity contribution in [1.29, 1.82) is 0 Å². The number of piperidine rings is 1. The zero-order chi connectivity index (χ0) is 20.9. The van der Waals surface area contributed by atoms with Crippen LogP contribution in [0.3, 0.4) is 0 Å². The fourth-order valence-electron chi connectivity index (χ4n) is 3.36. The van der Waals surface area contributed by atoms with Crippen molar-refractivity contribution in [2.45, 2.75) is 51.4 Å². The number of benzene rings is 1. The van der Waals surface area contributed by atoms with E-state index >= 15 is 0 Å². The molecule has 0 saturated carbocycles. The lowest BCUT2D eigenvalue weighted by Crippen LogP contribution is -2.43. The molecule has 0 unspecified atom stereocenters. The number of aromatic amines is 1. The summed E-state index contributed by atoms with van der Waals surface area (Å²) in [6.07, 6.45) is -3.92. The first-order chi connectivity index (χ1) is 12.9. The predicted octanol–water partition coefficient (Wildman–Crippen LogP) is 4.68. The lowest BCUT2D eigenvalue weighted by molar-refractivity contribution is -0.138. The number of imidazole rings is 1. The molecule has 0 bridgehead atoms. The number of hydrogen-bond acceptors (Lipinski definition) is 3. The van der Waals surface area contributed by atoms with Crippen LogP contribution in [0.5, 0.6) is 0 Å². The monoisotopic (exact) mass is 463 g/mol. The van der Waals surface area contributed by atoms with Gasteiger partial charge < -0.3 is 14.6 Å². The summed E-state index contributed by atoms with van der Waals surface area (Å²) in [5.74, 6) is 0. The highest BCUT2D eigenvalue weighted by Gasteiger charge is 2.34. The highest BCUT2D eigenvalue weighted by molar-refractivity contribution is 9.10. The van der Waals surface area contributed by atoms with E-state index in [4.69, 9.17) is 4.74 Å². The fourth-order valence-corrected chi connectivity index (χ4v) is 3.92. The van der Waals surface area contributed by atoms with Gasteiger partial charge in [-0.05, 0) is 45.7 Å². The molecule has 10 heteroatoms. The number of halogens is 4. The molecule has 154 valence electrons. The molecule has 1 amide bonds. The maximum absolute atomic E-state index is 13.1. The Bertz CT molecular complexity index is 951. The average Bonchev–Trinajstić information content (AvgIpc) is 2.86. The van der Waals surface area contributed by atoms with Crippen molar-refractivity contribution in [3.05, 3.63) is 32.7 Å². The summed E-state index contributed by atoms with van der Waals surface area (Å²) >= 11 is 2.96. The SMILES string of the molecule is CC(C)(C)OC(=O)N1CCC(n2c(=O)[nH]c3cc(C(F)(F)F)c(Br)cc32)CC1. The second kappa shape index (κ2) is 7.13. The first-order valence-corrected chi connectivity index (χ1v) is 9.65. The summed E-state index contributed by atoms with van der Waals surface area (Å²) in [6, 6.07) is 2.03. The highest BCUT2D eigenvalue weighted by Crippen LogP contribution is 2.37. The van der Waals surface area contributed by atoms with E-state index in [1.807, 2.05) is 0 Å². The predicted molar refractivity (Wildman–Crippen MR) is 101 cm³/mol. The number of fused-ring (bicyclic) bond motifs is 1. The van der Waals surface area contributed by atoms with Gasteiger partial charge in [-0.2, -0.15) is 13.2 Å². The summed E-state index contributed by atoms with van der Waals surface area (Å²) in [6.45, 7) is 6.17. The van der Waals surface area contributed by atoms with Crippen molar-refractivity contribution < 1.29 is 22.7 Å². The lowest BCUT2D eigenvalue weighted by atomic mass is 10.0. The second-order valence-corrected chi connectivity index (χ2v) is 8.70. The summed E-state index contributed by atoms with van der Waals surface area (Å²) in [5.41, 5.74) is -1.36. The van der Waals surface area contributed by atoms with Crippen molar-refractivity contribution >= 4 is 33.1 Å². The maximum atomic E-state index is 13.1. The Morgan fingerprint density at radius 3 is 2.36 bits per heavy atom. The zero-order valence-corrected chi connectivity index (χ0v) is 17.3. The number of likely N-dealkylation sites (tertiary alicyclic amines) is 1. The van der Waals surface area contributed by atoms with Crippen LogP contribution in [0.1, 0.15) is 45.2 Å². The van der Waals surface area contributed by atoms with Crippen LogP contribution in [0, 0.1) is 0 Å². The summed E-state index contributed by atoms with van der Waals surface area (Å²) < 4.78 is 46.0. The van der Waals surface area contributed by atoms with E-state index in [0.717, 1.165) is 6.07 Å². The lowest BCUT2D eigenvalue weighted by Gasteiger charge is -2.33. The van der Waals surface area contributed by atoms with Crippen LogP contribution in [-0.4, -0.2) is 39.2 Å². The fraction of sp³-hybridized carbons (Fsp3) is 0.556. The normalized spacial score (nSPS) is 16.6. The Kier molecular flexibility index (Phi) is 5.28. The molecule has 0 spiro atoms. The number of carbonyl (C=O) groups excluding carboxylic acids is 1. The van der Waals surface area contributed by atoms with Crippen molar-refractivity contribution in [3.8, 4) is 0 Å². The maximum Gasteiger partial charge on any atom is 0.417 e. The Morgan fingerprint density at radius 1 is 1.21 bits per heavy atom. The first kappa shape index (κ1) is 20.8. The van der Waals surface area contributed by atoms with Gasteiger partial charge in [0, 0.05) is 23.6 Å². The molecule has 1 aromatic carbocycles. The van der Waals surface area contributed by atoms with Gasteiger partial charge >= 0.3 is 18.0 Å². The van der Waals surface area contributed by atoms with Gasteiger partial charge in [-0.15, -0.1) is 0 Å². The van der Waals surface area contributed by atoms with Crippen molar-refractivity contribution in [2.24, 2.45) is 0 Å². The van der Waals surface area contributed by atoms with Crippen LogP contribution < -0.4 is 5.69 Å². The smallest absolute Gasteiger partial charge is 0.417 e. The Morgan fingerprint density at radius 2 is 1.82 bits per heavy atom. The average molecular weight is 464 g/mol. The largest absolute Gasteiger partial charge is 0.444 e. The van der Waals surface area contributed by atoms with Gasteiger partial charge in [0.15, 0.2) is 0 Å². The number of hydrogen-bond donors (Lipinski definition) is 1. The standard InChI is InChI=1S/C18H21BrF3N3O3/c1-17(2,3)28-16(27)24-6-4-10(5-7-24)25-14-9-12(19)11(18(20,21)22)8-13(14)23-15(25)26/h8-10H,4-7H2,1-3H3,(H,23,26). The van der Waals surface area contributed by atoms with Gasteiger partial charge in [-0.3, -0.25) is 4.57 Å². The zero-order valence-electron chi connectivity index (χ0n) is 15.7. The van der Waals surface area contributed by atoms with Gasteiger partial charge in [-0.25, -0.2) is 9.59 Å². The third kappa shape index (κ3) is 4.21. The van der Waals surface area contributed by atoms with E-state index in [0.29, 0.717) is 31.4 Å². The summed E-state index contributed by atoms with van der Waals surface area (Å²) in [4.78, 5) is 28.7. The molecular weight excluding hydrogens is 443 g/mol. The van der Waals surface area contributed by atoms with Gasteiger partial charge in [0.05, 0.1) is 16.6 Å². The number of rotatable bonds is 1. The van der Waals surface area contributed by atoms with Gasteiger partial charge in [0.1, 0.15) is 5.60 Å². The van der Waals surface area contributed by atoms with Gasteiger partial charge in [0.2, 0.25) is 0 Å². The molecule has 1 aliphatic heterocycles. The molecule has 3 rings (SSSR count). The van der Waals surface area contributed by atoms with Crippen LogP contribution >= 0.6 is 15.9 Å². The minimum absolute atomic E-state index is 0.119. The molecular formula is C18H21BrF3N3O3. The molecule has 6 nitrogen and oxygen atoms in total. The Balaban J connectivity index is 1.84. The number of amides is 1. The molecule has 1 saturated heterocycles. The molecule has 0 aliphatic carbocycles. The van der Waals surface area contributed by atoms with Crippen LogP contribution in [0.2, 0.25) is 0 Å². The molecule has 28 heavy (non-hydrogen) atoms. The minimum atomic E-state index is -4.52. The van der Waals surface area contributed by atoms with Gasteiger partial charge in [0.25, 0.3) is 0 Å². The molecule has 2 aromatic rings. The topological polar surface area (TPSA) is 67.3 Å². The summed E-state index contributed by atoms with van der Waals surface area (Å²) in [5, 5.41) is 0. The minimum Gasteiger partial charge on any atom is -0.444 e. The Labute approximate surface area is 167 Å².